The summed E-state index contributed by atoms with van der Waals surface area (Å²) in [6.07, 6.45) is -0.618. The van der Waals surface area contributed by atoms with Crippen molar-refractivity contribution in [2.75, 3.05) is 12.3 Å². The van der Waals surface area contributed by atoms with Crippen LogP contribution in [0.2, 0.25) is 0 Å². The van der Waals surface area contributed by atoms with Crippen LogP contribution in [0.15, 0.2) is 53.5 Å². The van der Waals surface area contributed by atoms with Crippen LogP contribution in [0.4, 0.5) is 14.5 Å². The molecule has 1 unspecified atom stereocenters. The molecule has 2 aromatic carbocycles. The number of nitrogen functional groups attached to an aromatic ring is 1. The van der Waals surface area contributed by atoms with Crippen molar-refractivity contribution in [3.8, 4) is 5.75 Å². The second-order valence-electron chi connectivity index (χ2n) is 6.70. The highest BCUT2D eigenvalue weighted by Crippen LogP contribution is 2.58. The molecule has 136 valence electrons. The summed E-state index contributed by atoms with van der Waals surface area (Å²) < 4.78 is 41.5. The minimum atomic E-state index is -3.28. The molecule has 1 spiro atoms. The van der Waals surface area contributed by atoms with Gasteiger partial charge in [-0.2, -0.15) is 8.78 Å². The van der Waals surface area contributed by atoms with Gasteiger partial charge in [-0.1, -0.05) is 37.3 Å². The number of halogens is 2. The average Bonchev–Trinajstić information content (AvgIpc) is 2.62. The highest BCUT2D eigenvalue weighted by molar-refractivity contribution is 5.74. The Morgan fingerprint density at radius 3 is 2.58 bits per heavy atom. The van der Waals surface area contributed by atoms with Crippen LogP contribution in [0, 0.1) is 5.92 Å². The molecule has 2 aromatic rings. The van der Waals surface area contributed by atoms with Gasteiger partial charge in [-0.15, -0.1) is 0 Å². The van der Waals surface area contributed by atoms with Gasteiger partial charge in [0.05, 0.1) is 0 Å². The van der Waals surface area contributed by atoms with Crippen molar-refractivity contribution < 1.29 is 18.3 Å². The van der Waals surface area contributed by atoms with Crippen molar-refractivity contribution in [1.82, 2.24) is 0 Å². The van der Waals surface area contributed by atoms with Gasteiger partial charge in [-0.3, -0.25) is 0 Å². The van der Waals surface area contributed by atoms with Crippen LogP contribution in [0.25, 0.3) is 0 Å². The summed E-state index contributed by atoms with van der Waals surface area (Å²) >= 11 is 0. The lowest BCUT2D eigenvalue weighted by Crippen LogP contribution is -2.59. The number of ether oxygens (including phenoxy) is 2. The highest BCUT2D eigenvalue weighted by atomic mass is 19.3. The number of benzene rings is 2. The van der Waals surface area contributed by atoms with Crippen LogP contribution >= 0.6 is 0 Å². The van der Waals surface area contributed by atoms with Gasteiger partial charge in [0.2, 0.25) is 0 Å². The molecule has 4 N–H and O–H groups in total. The molecule has 0 amide bonds. The Labute approximate surface area is 149 Å². The quantitative estimate of drug-likeness (QED) is 0.766. The van der Waals surface area contributed by atoms with E-state index in [4.69, 9.17) is 20.9 Å². The van der Waals surface area contributed by atoms with Crippen LogP contribution in [-0.2, 0) is 10.3 Å². The minimum Gasteiger partial charge on any atom is -0.485 e. The number of alkyl halides is 2. The van der Waals surface area contributed by atoms with E-state index in [1.807, 2.05) is 30.3 Å². The number of aliphatic imine (C=N–C) groups is 1. The zero-order chi connectivity index (χ0) is 18.5. The number of anilines is 1. The Kier molecular flexibility index (Phi) is 3.57. The van der Waals surface area contributed by atoms with Crippen molar-refractivity contribution in [2.45, 2.75) is 24.5 Å². The maximum Gasteiger partial charge on any atom is 0.310 e. The van der Waals surface area contributed by atoms with Gasteiger partial charge in [0.1, 0.15) is 11.9 Å². The van der Waals surface area contributed by atoms with Gasteiger partial charge in [-0.25, -0.2) is 4.99 Å². The Hall–Kier alpha value is -2.83. The van der Waals surface area contributed by atoms with E-state index in [-0.39, 0.29) is 11.6 Å². The molecular weight excluding hydrogens is 340 g/mol. The van der Waals surface area contributed by atoms with E-state index in [0.717, 1.165) is 5.56 Å². The van der Waals surface area contributed by atoms with Crippen LogP contribution in [0.1, 0.15) is 24.2 Å². The van der Waals surface area contributed by atoms with E-state index in [0.29, 0.717) is 11.4 Å². The monoisotopic (exact) mass is 359 g/mol. The summed E-state index contributed by atoms with van der Waals surface area (Å²) in [6.45, 7) is 0.849. The number of hydrogen-bond donors (Lipinski definition) is 2. The van der Waals surface area contributed by atoms with E-state index in [1.165, 1.54) is 6.07 Å². The minimum absolute atomic E-state index is 0.230. The average molecular weight is 359 g/mol. The topological polar surface area (TPSA) is 82.9 Å². The number of nitrogens with two attached hydrogens (primary N) is 2. The fourth-order valence-electron chi connectivity index (χ4n) is 3.91. The molecule has 5 nitrogen and oxygen atoms in total. The summed E-state index contributed by atoms with van der Waals surface area (Å²) in [5.74, 6) is -3.67. The van der Waals surface area contributed by atoms with E-state index in [9.17, 15) is 0 Å². The van der Waals surface area contributed by atoms with Crippen molar-refractivity contribution in [2.24, 2.45) is 16.6 Å². The van der Waals surface area contributed by atoms with Gasteiger partial charge < -0.3 is 20.9 Å². The Balaban J connectivity index is 1.99. The lowest BCUT2D eigenvalue weighted by Gasteiger charge is -2.49. The van der Waals surface area contributed by atoms with Gasteiger partial charge in [0.15, 0.2) is 12.1 Å². The fraction of sp³-hybridized carbons (Fsp3) is 0.316. The predicted molar refractivity (Wildman–Crippen MR) is 94.0 cm³/mol. The molecule has 3 atom stereocenters. The second-order valence-corrected chi connectivity index (χ2v) is 6.70. The summed E-state index contributed by atoms with van der Waals surface area (Å²) in [5, 5.41) is 0. The van der Waals surface area contributed by atoms with Crippen LogP contribution in [0.5, 0.6) is 5.75 Å². The summed E-state index contributed by atoms with van der Waals surface area (Å²) in [7, 11) is 0. The van der Waals surface area contributed by atoms with E-state index >= 15 is 8.78 Å². The molecule has 0 aliphatic carbocycles. The first-order valence-electron chi connectivity index (χ1n) is 8.33. The highest BCUT2D eigenvalue weighted by Gasteiger charge is 2.65. The Bertz CT molecular complexity index is 872. The third-order valence-corrected chi connectivity index (χ3v) is 5.15. The predicted octanol–water partition coefficient (Wildman–Crippen LogP) is 3.21. The zero-order valence-electron chi connectivity index (χ0n) is 14.2. The number of amidine groups is 1. The SMILES string of the molecule is C[C@@H]1C(c2ccccc2)Oc2ccc(N)cc2[C@]12N=C(N)OCC2(F)F. The fourth-order valence-corrected chi connectivity index (χ4v) is 3.91. The number of rotatable bonds is 1. The van der Waals surface area contributed by atoms with Gasteiger partial charge >= 0.3 is 5.92 Å². The number of nitrogens with zero attached hydrogens (tertiary/aromatic N) is 1. The second kappa shape index (κ2) is 5.59. The smallest absolute Gasteiger partial charge is 0.310 e. The van der Waals surface area contributed by atoms with Crippen LogP contribution in [0.3, 0.4) is 0 Å². The molecule has 0 radical (unpaired) electrons. The van der Waals surface area contributed by atoms with Crippen LogP contribution in [-0.4, -0.2) is 18.6 Å². The molecular formula is C19H19F2N3O2. The number of fused-ring (bicyclic) bond motifs is 2. The molecule has 2 heterocycles. The maximum atomic E-state index is 15.3. The van der Waals surface area contributed by atoms with Crippen LogP contribution < -0.4 is 16.2 Å². The molecule has 2 aliphatic heterocycles. The third-order valence-electron chi connectivity index (χ3n) is 5.15. The zero-order valence-corrected chi connectivity index (χ0v) is 14.2. The van der Waals surface area contributed by atoms with E-state index in [1.54, 1.807) is 19.1 Å². The van der Waals surface area contributed by atoms with Crippen molar-refractivity contribution >= 4 is 11.7 Å². The van der Waals surface area contributed by atoms with Crippen molar-refractivity contribution in [3.05, 3.63) is 59.7 Å². The van der Waals surface area contributed by atoms with Crippen molar-refractivity contribution in [3.63, 3.8) is 0 Å². The maximum absolute atomic E-state index is 15.3. The van der Waals surface area contributed by atoms with Gasteiger partial charge in [0, 0.05) is 17.2 Å². The molecule has 4 rings (SSSR count). The number of hydrogen-bond acceptors (Lipinski definition) is 5. The Morgan fingerprint density at radius 2 is 1.85 bits per heavy atom. The molecule has 2 aliphatic rings. The van der Waals surface area contributed by atoms with E-state index < -0.39 is 30.1 Å². The van der Waals surface area contributed by atoms with Crippen molar-refractivity contribution in [1.29, 1.82) is 0 Å². The molecule has 0 saturated carbocycles. The summed E-state index contributed by atoms with van der Waals surface area (Å²) in [5.41, 5.74) is 11.1. The lowest BCUT2D eigenvalue weighted by atomic mass is 9.68. The first-order chi connectivity index (χ1) is 12.3. The molecule has 0 saturated heterocycles. The summed E-state index contributed by atoms with van der Waals surface area (Å²) in [4.78, 5) is 4.15. The molecule has 7 heteroatoms. The first-order valence-corrected chi connectivity index (χ1v) is 8.33. The molecule has 0 fully saturated rings. The Morgan fingerprint density at radius 1 is 1.12 bits per heavy atom. The third kappa shape index (κ3) is 2.23. The van der Waals surface area contributed by atoms with Gasteiger partial charge in [-0.05, 0) is 23.8 Å². The normalized spacial score (nSPS) is 29.3. The summed E-state index contributed by atoms with van der Waals surface area (Å²) in [6, 6.07) is 13.7. The molecule has 26 heavy (non-hydrogen) atoms. The lowest BCUT2D eigenvalue weighted by molar-refractivity contribution is -0.160. The first kappa shape index (κ1) is 16.6. The molecule has 0 bridgehead atoms. The molecule has 0 aromatic heterocycles. The van der Waals surface area contributed by atoms with Gasteiger partial charge in [0.25, 0.3) is 6.02 Å². The standard InChI is InChI=1S/C19H19F2N3O2/c1-11-16(12-5-3-2-4-6-12)26-15-8-7-13(22)9-14(15)19(11)18(20,21)10-25-17(23)24-19/h2-9,11,16H,10,22H2,1H3,(H2,23,24)/t11-,16?,19-/m1/s1. The largest absolute Gasteiger partial charge is 0.485 e. The van der Waals surface area contributed by atoms with E-state index in [2.05, 4.69) is 4.99 Å².